The summed E-state index contributed by atoms with van der Waals surface area (Å²) in [4.78, 5) is 10.7. The van der Waals surface area contributed by atoms with E-state index in [1.165, 1.54) is 0 Å². The van der Waals surface area contributed by atoms with Gasteiger partial charge in [0.15, 0.2) is 11.5 Å². The molecule has 0 amide bonds. The molecule has 0 atom stereocenters. The number of morpholine rings is 1. The molecular formula is C28H27N3O4. The molecule has 1 saturated heterocycles. The van der Waals surface area contributed by atoms with E-state index in [2.05, 4.69) is 33.9 Å². The van der Waals surface area contributed by atoms with Crippen LogP contribution in [0.4, 0.5) is 5.69 Å². The minimum Gasteiger partial charge on any atom is -0.496 e. The first kappa shape index (κ1) is 22.6. The summed E-state index contributed by atoms with van der Waals surface area (Å²) in [6.07, 6.45) is 0. The van der Waals surface area contributed by atoms with Crippen molar-refractivity contribution in [3.8, 4) is 40.5 Å². The number of nitrogens with one attached hydrogen (secondary N) is 1. The Balaban J connectivity index is 1.63. The maximum atomic E-state index is 5.63. The fraction of sp³-hybridized carbons (Fsp3) is 0.250. The number of benzene rings is 3. The Morgan fingerprint density at radius 1 is 0.857 bits per heavy atom. The predicted octanol–water partition coefficient (Wildman–Crippen LogP) is 4.49. The summed E-state index contributed by atoms with van der Waals surface area (Å²) >= 11 is 0. The summed E-state index contributed by atoms with van der Waals surface area (Å²) in [5.74, 6) is 9.20. The maximum Gasteiger partial charge on any atom is 0.164 e. The Morgan fingerprint density at radius 3 is 2.29 bits per heavy atom. The van der Waals surface area contributed by atoms with Gasteiger partial charge in [-0.05, 0) is 30.3 Å². The number of hydrogen-bond acceptors (Lipinski definition) is 6. The highest BCUT2D eigenvalue weighted by Gasteiger charge is 2.19. The van der Waals surface area contributed by atoms with Crippen molar-refractivity contribution in [2.45, 2.75) is 0 Å². The van der Waals surface area contributed by atoms with Crippen molar-refractivity contribution in [2.75, 3.05) is 52.5 Å². The largest absolute Gasteiger partial charge is 0.496 e. The van der Waals surface area contributed by atoms with Crippen molar-refractivity contribution in [3.05, 3.63) is 65.7 Å². The van der Waals surface area contributed by atoms with E-state index in [-0.39, 0.29) is 0 Å². The zero-order valence-corrected chi connectivity index (χ0v) is 20.1. The van der Waals surface area contributed by atoms with Crippen LogP contribution in [0.2, 0.25) is 0 Å². The van der Waals surface area contributed by atoms with Gasteiger partial charge in [0.2, 0.25) is 0 Å². The standard InChI is InChI=1S/C28H27N3O4/c1-32-25-18-27(34-3)26(33-2)16-21(25)28-29-22-15-20(10-9-19-7-5-4-6-8-19)24(17-23(22)30-28)31-11-13-35-14-12-31/h4-8,15-18H,11-14H2,1-3H3,(H,29,30). The number of aromatic amines is 1. The van der Waals surface area contributed by atoms with E-state index in [1.54, 1.807) is 27.4 Å². The van der Waals surface area contributed by atoms with Gasteiger partial charge in [0.25, 0.3) is 0 Å². The molecule has 0 unspecified atom stereocenters. The zero-order valence-electron chi connectivity index (χ0n) is 20.1. The first-order valence-electron chi connectivity index (χ1n) is 11.4. The monoisotopic (exact) mass is 469 g/mol. The molecule has 7 nitrogen and oxygen atoms in total. The van der Waals surface area contributed by atoms with Gasteiger partial charge in [-0.15, -0.1) is 0 Å². The summed E-state index contributed by atoms with van der Waals surface area (Å²) in [5.41, 5.74) is 5.50. The molecular weight excluding hydrogens is 442 g/mol. The lowest BCUT2D eigenvalue weighted by atomic mass is 10.1. The molecule has 0 radical (unpaired) electrons. The molecule has 4 aromatic rings. The third kappa shape index (κ3) is 4.61. The Kier molecular flexibility index (Phi) is 6.47. The highest BCUT2D eigenvalue weighted by atomic mass is 16.5. The number of fused-ring (bicyclic) bond motifs is 1. The van der Waals surface area contributed by atoms with Crippen molar-refractivity contribution in [3.63, 3.8) is 0 Å². The second kappa shape index (κ2) is 10.00. The van der Waals surface area contributed by atoms with Crippen LogP contribution in [0, 0.1) is 11.8 Å². The van der Waals surface area contributed by atoms with E-state index in [0.29, 0.717) is 36.3 Å². The zero-order chi connectivity index (χ0) is 24.2. The highest BCUT2D eigenvalue weighted by molar-refractivity contribution is 5.87. The third-order valence-electron chi connectivity index (χ3n) is 6.03. The highest BCUT2D eigenvalue weighted by Crippen LogP contribution is 2.40. The maximum absolute atomic E-state index is 5.63. The van der Waals surface area contributed by atoms with E-state index >= 15 is 0 Å². The van der Waals surface area contributed by atoms with Crippen LogP contribution < -0.4 is 19.1 Å². The Labute approximate surface area is 204 Å². The predicted molar refractivity (Wildman–Crippen MR) is 137 cm³/mol. The summed E-state index contributed by atoms with van der Waals surface area (Å²) in [5, 5.41) is 0. The first-order chi connectivity index (χ1) is 17.2. The second-order valence-electron chi connectivity index (χ2n) is 8.09. The Bertz CT molecular complexity index is 1400. The smallest absolute Gasteiger partial charge is 0.164 e. The van der Waals surface area contributed by atoms with Crippen LogP contribution >= 0.6 is 0 Å². The molecule has 7 heteroatoms. The van der Waals surface area contributed by atoms with Gasteiger partial charge in [0.05, 0.1) is 62.4 Å². The fourth-order valence-corrected chi connectivity index (χ4v) is 4.21. The van der Waals surface area contributed by atoms with Crippen molar-refractivity contribution < 1.29 is 18.9 Å². The molecule has 3 aromatic carbocycles. The molecule has 5 rings (SSSR count). The van der Waals surface area contributed by atoms with E-state index < -0.39 is 0 Å². The SMILES string of the molecule is COc1cc(OC)c(-c2nc3cc(N4CCOCC4)c(C#Cc4ccccc4)cc3[nH]2)cc1OC. The number of methoxy groups -OCH3 is 3. The van der Waals surface area contributed by atoms with Crippen LogP contribution in [0.5, 0.6) is 17.2 Å². The molecule has 0 spiro atoms. The van der Waals surface area contributed by atoms with E-state index in [0.717, 1.165) is 46.5 Å². The average molecular weight is 470 g/mol. The van der Waals surface area contributed by atoms with Crippen molar-refractivity contribution >= 4 is 16.7 Å². The lowest BCUT2D eigenvalue weighted by Gasteiger charge is -2.29. The molecule has 1 aliphatic heterocycles. The van der Waals surface area contributed by atoms with E-state index in [9.17, 15) is 0 Å². The van der Waals surface area contributed by atoms with Gasteiger partial charge in [-0.1, -0.05) is 30.0 Å². The molecule has 1 fully saturated rings. The summed E-state index contributed by atoms with van der Waals surface area (Å²) in [6, 6.07) is 17.8. The van der Waals surface area contributed by atoms with Crippen LogP contribution in [-0.2, 0) is 4.74 Å². The van der Waals surface area contributed by atoms with E-state index in [1.807, 2.05) is 36.4 Å². The first-order valence-corrected chi connectivity index (χ1v) is 11.4. The lowest BCUT2D eigenvalue weighted by Crippen LogP contribution is -2.36. The van der Waals surface area contributed by atoms with Gasteiger partial charge in [0.1, 0.15) is 11.6 Å². The molecule has 1 aromatic heterocycles. The number of aromatic nitrogens is 2. The van der Waals surface area contributed by atoms with Crippen LogP contribution in [0.25, 0.3) is 22.4 Å². The van der Waals surface area contributed by atoms with Crippen molar-refractivity contribution in [1.29, 1.82) is 0 Å². The molecule has 2 heterocycles. The molecule has 178 valence electrons. The van der Waals surface area contributed by atoms with Gasteiger partial charge in [-0.25, -0.2) is 4.98 Å². The normalized spacial score (nSPS) is 13.3. The number of anilines is 1. The van der Waals surface area contributed by atoms with E-state index in [4.69, 9.17) is 23.9 Å². The number of imidazole rings is 1. The molecule has 0 saturated carbocycles. The topological polar surface area (TPSA) is 68.8 Å². The number of rotatable bonds is 5. The number of H-pyrrole nitrogens is 1. The molecule has 1 aliphatic rings. The number of ether oxygens (including phenoxy) is 4. The van der Waals surface area contributed by atoms with Crippen molar-refractivity contribution in [2.24, 2.45) is 0 Å². The summed E-state index contributed by atoms with van der Waals surface area (Å²) in [6.45, 7) is 3.01. The van der Waals surface area contributed by atoms with Gasteiger partial charge < -0.3 is 28.8 Å². The van der Waals surface area contributed by atoms with Crippen LogP contribution in [0.1, 0.15) is 11.1 Å². The molecule has 0 bridgehead atoms. The Morgan fingerprint density at radius 2 is 1.57 bits per heavy atom. The Hall–Kier alpha value is -4.15. The van der Waals surface area contributed by atoms with Crippen LogP contribution in [-0.4, -0.2) is 57.6 Å². The van der Waals surface area contributed by atoms with Crippen LogP contribution in [0.3, 0.4) is 0 Å². The van der Waals surface area contributed by atoms with Gasteiger partial charge in [-0.2, -0.15) is 0 Å². The average Bonchev–Trinajstić information content (AvgIpc) is 3.34. The van der Waals surface area contributed by atoms with Crippen LogP contribution in [0.15, 0.2) is 54.6 Å². The van der Waals surface area contributed by atoms with Crippen molar-refractivity contribution in [1.82, 2.24) is 9.97 Å². The second-order valence-corrected chi connectivity index (χ2v) is 8.09. The third-order valence-corrected chi connectivity index (χ3v) is 6.03. The van der Waals surface area contributed by atoms with Gasteiger partial charge >= 0.3 is 0 Å². The molecule has 0 aliphatic carbocycles. The lowest BCUT2D eigenvalue weighted by molar-refractivity contribution is 0.122. The number of hydrogen-bond donors (Lipinski definition) is 1. The molecule has 1 N–H and O–H groups in total. The minimum atomic E-state index is 0.595. The fourth-order valence-electron chi connectivity index (χ4n) is 4.21. The summed E-state index contributed by atoms with van der Waals surface area (Å²) in [7, 11) is 4.84. The minimum absolute atomic E-state index is 0.595. The number of nitrogens with zero attached hydrogens (tertiary/aromatic N) is 2. The van der Waals surface area contributed by atoms with Gasteiger partial charge in [-0.3, -0.25) is 0 Å². The van der Waals surface area contributed by atoms with Gasteiger partial charge in [0, 0.05) is 24.7 Å². The summed E-state index contributed by atoms with van der Waals surface area (Å²) < 4.78 is 22.1. The molecule has 35 heavy (non-hydrogen) atoms. The quantitative estimate of drug-likeness (QED) is 0.435.